The number of benzene rings is 2. The molecule has 12 N–H and O–H groups in total. The number of halogens is 3. The number of aromatic nitrogens is 2. The lowest BCUT2D eigenvalue weighted by Crippen LogP contribution is -2.50. The maximum atomic E-state index is 13.0. The Balaban J connectivity index is 0.00000784. The van der Waals surface area contributed by atoms with Crippen LogP contribution in [-0.4, -0.2) is 123 Å². The van der Waals surface area contributed by atoms with Crippen LogP contribution in [0.3, 0.4) is 0 Å². The average molecular weight is 846 g/mol. The third kappa shape index (κ3) is 16.6. The summed E-state index contributed by atoms with van der Waals surface area (Å²) in [5.74, 6) is -0.916. The van der Waals surface area contributed by atoms with Gasteiger partial charge in [-0.2, -0.15) is 0 Å². The predicted octanol–water partition coefficient (Wildman–Crippen LogP) is 1.87. The summed E-state index contributed by atoms with van der Waals surface area (Å²) in [6.45, 7) is 6.12. The first-order valence-electron chi connectivity index (χ1n) is 18.4. The number of amides is 2. The summed E-state index contributed by atoms with van der Waals surface area (Å²) < 4.78 is 0. The van der Waals surface area contributed by atoms with Crippen molar-refractivity contribution in [3.8, 4) is 0 Å². The molecule has 15 nitrogen and oxygen atoms in total. The molecule has 2 amide bonds. The summed E-state index contributed by atoms with van der Waals surface area (Å²) in [5, 5.41) is 58.7. The van der Waals surface area contributed by atoms with E-state index in [9.17, 15) is 30.0 Å². The summed E-state index contributed by atoms with van der Waals surface area (Å²) >= 11 is 5.97. The van der Waals surface area contributed by atoms with Crippen molar-refractivity contribution in [3.63, 3.8) is 0 Å². The van der Waals surface area contributed by atoms with Crippen molar-refractivity contribution < 1.29 is 35.1 Å². The van der Waals surface area contributed by atoms with Crippen molar-refractivity contribution >= 4 is 59.9 Å². The number of carbonyl (C=O) groups excluding carboxylic acids is 2. The molecule has 2 aromatic carbocycles. The fourth-order valence-electron chi connectivity index (χ4n) is 5.91. The molecule has 0 saturated heterocycles. The van der Waals surface area contributed by atoms with Crippen LogP contribution in [0.25, 0.3) is 0 Å². The number of nitrogens with zero attached hydrogens (tertiary/aromatic N) is 3. The molecule has 1 heterocycles. The van der Waals surface area contributed by atoms with Crippen molar-refractivity contribution in [1.82, 2.24) is 30.8 Å². The second-order valence-electron chi connectivity index (χ2n) is 13.6. The molecule has 5 atom stereocenters. The highest BCUT2D eigenvalue weighted by Gasteiger charge is 2.31. The number of nitrogen functional groups attached to an aromatic ring is 2. The Morgan fingerprint density at radius 2 is 1.52 bits per heavy atom. The van der Waals surface area contributed by atoms with Crippen LogP contribution in [0, 0.1) is 12.8 Å². The van der Waals surface area contributed by atoms with Crippen LogP contribution < -0.4 is 27.4 Å². The average Bonchev–Trinajstić information content (AvgIpc) is 3.16. The van der Waals surface area contributed by atoms with E-state index in [1.807, 2.05) is 42.2 Å². The van der Waals surface area contributed by atoms with E-state index in [-0.39, 0.29) is 72.2 Å². The number of carbonyl (C=O) groups is 2. The van der Waals surface area contributed by atoms with Crippen molar-refractivity contribution in [2.45, 2.75) is 76.9 Å². The molecule has 0 radical (unpaired) electrons. The van der Waals surface area contributed by atoms with Crippen LogP contribution in [0.5, 0.6) is 0 Å². The molecule has 314 valence electrons. The Bertz CT molecular complexity index is 1610. The van der Waals surface area contributed by atoms with Gasteiger partial charge in [0.15, 0.2) is 22.5 Å². The number of aliphatic hydroxyl groups is 5. The summed E-state index contributed by atoms with van der Waals surface area (Å²) in [4.78, 5) is 35.7. The first-order valence-corrected chi connectivity index (χ1v) is 18.8. The van der Waals surface area contributed by atoms with Gasteiger partial charge in [-0.1, -0.05) is 74.2 Å². The largest absolute Gasteiger partial charge is 0.394 e. The predicted molar refractivity (Wildman–Crippen MR) is 223 cm³/mol. The smallest absolute Gasteiger partial charge is 0.273 e. The van der Waals surface area contributed by atoms with Crippen LogP contribution in [0.4, 0.5) is 11.6 Å². The van der Waals surface area contributed by atoms with E-state index in [1.165, 1.54) is 0 Å². The van der Waals surface area contributed by atoms with Gasteiger partial charge in [-0.05, 0) is 61.1 Å². The molecule has 0 saturated carbocycles. The fraction of sp³-hybridized carbons (Fsp3) is 0.526. The van der Waals surface area contributed by atoms with Crippen molar-refractivity contribution in [2.24, 2.45) is 5.92 Å². The van der Waals surface area contributed by atoms with E-state index in [4.69, 9.17) is 28.2 Å². The van der Waals surface area contributed by atoms with Crippen LogP contribution in [-0.2, 0) is 13.0 Å². The van der Waals surface area contributed by atoms with Gasteiger partial charge in [0.1, 0.15) is 18.3 Å². The normalized spacial score (nSPS) is 13.8. The lowest BCUT2D eigenvalue weighted by atomic mass is 9.95. The first kappa shape index (κ1) is 50.7. The SMILES string of the molecule is CCCCCCN(CCNC(=O)c1ccc(CNC[C@H](CNC(=O)c2nc(Cl)c(N)nc2N)Cc2ccccc2C)cc1)C[C@@H](O)[C@@H](O)[C@H](O)[C@H](O)CO.Cl.Cl. The molecule has 0 aliphatic heterocycles. The minimum absolute atomic E-state index is 0. The lowest BCUT2D eigenvalue weighted by Gasteiger charge is -2.30. The van der Waals surface area contributed by atoms with Crippen molar-refractivity contribution in [2.75, 3.05) is 57.3 Å². The third-order valence-corrected chi connectivity index (χ3v) is 9.51. The Morgan fingerprint density at radius 3 is 2.18 bits per heavy atom. The molecule has 18 heteroatoms. The number of rotatable bonds is 24. The van der Waals surface area contributed by atoms with Gasteiger partial charge >= 0.3 is 0 Å². The molecular weight excluding hydrogens is 787 g/mol. The van der Waals surface area contributed by atoms with Gasteiger partial charge in [0.05, 0.1) is 12.7 Å². The van der Waals surface area contributed by atoms with E-state index in [0.717, 1.165) is 42.4 Å². The minimum Gasteiger partial charge on any atom is -0.394 e. The van der Waals surface area contributed by atoms with Crippen molar-refractivity contribution in [1.29, 1.82) is 0 Å². The molecule has 0 bridgehead atoms. The van der Waals surface area contributed by atoms with Gasteiger partial charge < -0.3 is 53.0 Å². The Morgan fingerprint density at radius 1 is 0.839 bits per heavy atom. The number of hydrogen-bond donors (Lipinski definition) is 10. The standard InChI is InChI=1S/C38H57ClN8O7.2ClH/c1-3-4-5-8-16-47(22-29(49)32(51)33(52)30(50)23-48)17-15-43-37(53)27-13-11-25(12-14-27)19-42-20-26(18-28-10-7-6-9-24(28)2)21-44-38(54)31-35(40)46-36(41)34(39)45-31;;/h6-7,9-14,26,29-30,32-33,42,48-52H,3-5,8,15-23H2,1-2H3,(H,43,53)(H,44,54)(H4,40,41,46);2*1H/t26-,29-,30-,32-,33-;;/m1../s1. The van der Waals surface area contributed by atoms with Crippen LogP contribution in [0.1, 0.15) is 70.1 Å². The summed E-state index contributed by atoms with van der Waals surface area (Å²) in [5.41, 5.74) is 15.2. The maximum Gasteiger partial charge on any atom is 0.273 e. The van der Waals surface area contributed by atoms with E-state index >= 15 is 0 Å². The maximum absolute atomic E-state index is 13.0. The molecule has 0 fully saturated rings. The molecule has 56 heavy (non-hydrogen) atoms. The zero-order valence-corrected chi connectivity index (χ0v) is 34.3. The molecule has 3 rings (SSSR count). The number of nitrogens with one attached hydrogen (secondary N) is 3. The quantitative estimate of drug-likeness (QED) is 0.0579. The number of unbranched alkanes of at least 4 members (excludes halogenated alkanes) is 3. The molecule has 1 aromatic heterocycles. The minimum atomic E-state index is -1.70. The zero-order chi connectivity index (χ0) is 39.6. The van der Waals surface area contributed by atoms with Gasteiger partial charge in [-0.25, -0.2) is 9.97 Å². The monoisotopic (exact) mass is 844 g/mol. The number of hydrogen-bond acceptors (Lipinski definition) is 13. The molecule has 0 spiro atoms. The highest BCUT2D eigenvalue weighted by molar-refractivity contribution is 6.31. The Hall–Kier alpha value is -3.35. The third-order valence-electron chi connectivity index (χ3n) is 9.23. The lowest BCUT2D eigenvalue weighted by molar-refractivity contribution is -0.119. The number of anilines is 2. The van der Waals surface area contributed by atoms with Crippen LogP contribution in [0.15, 0.2) is 48.5 Å². The molecule has 3 aromatic rings. The number of nitrogens with two attached hydrogens (primary N) is 2. The van der Waals surface area contributed by atoms with Crippen LogP contribution >= 0.6 is 36.4 Å². The van der Waals surface area contributed by atoms with E-state index < -0.39 is 36.9 Å². The van der Waals surface area contributed by atoms with E-state index in [1.54, 1.807) is 12.1 Å². The van der Waals surface area contributed by atoms with Gasteiger partial charge in [0.2, 0.25) is 0 Å². The topological polar surface area (TPSA) is 252 Å². The fourth-order valence-corrected chi connectivity index (χ4v) is 6.04. The summed E-state index contributed by atoms with van der Waals surface area (Å²) in [7, 11) is 0. The van der Waals surface area contributed by atoms with Gasteiger partial charge in [-0.3, -0.25) is 14.5 Å². The molecule has 0 aliphatic rings. The van der Waals surface area contributed by atoms with Gasteiger partial charge in [0.25, 0.3) is 11.8 Å². The van der Waals surface area contributed by atoms with E-state index in [2.05, 4.69) is 38.9 Å². The Labute approximate surface area is 346 Å². The Kier molecular flexibility index (Phi) is 24.0. The molecule has 0 unspecified atom stereocenters. The van der Waals surface area contributed by atoms with Crippen LogP contribution in [0.2, 0.25) is 5.15 Å². The zero-order valence-electron chi connectivity index (χ0n) is 31.9. The van der Waals surface area contributed by atoms with E-state index in [0.29, 0.717) is 44.7 Å². The second kappa shape index (κ2) is 26.5. The highest BCUT2D eigenvalue weighted by atomic mass is 35.5. The number of aliphatic hydroxyl groups excluding tert-OH is 5. The first-order chi connectivity index (χ1) is 25.8. The van der Waals surface area contributed by atoms with Gasteiger partial charge in [-0.15, -0.1) is 24.8 Å². The van der Waals surface area contributed by atoms with Crippen molar-refractivity contribution in [3.05, 3.63) is 81.6 Å². The molecule has 0 aliphatic carbocycles. The highest BCUT2D eigenvalue weighted by Crippen LogP contribution is 2.18. The molecular formula is C38H59Cl3N8O7. The summed E-state index contributed by atoms with van der Waals surface area (Å²) in [6, 6.07) is 15.3. The number of aryl methyl sites for hydroxylation is 1. The van der Waals surface area contributed by atoms with Gasteiger partial charge in [0, 0.05) is 44.8 Å². The second-order valence-corrected chi connectivity index (χ2v) is 13.9. The summed E-state index contributed by atoms with van der Waals surface area (Å²) in [6.07, 6.45) is -1.64.